The van der Waals surface area contributed by atoms with Gasteiger partial charge in [-0.05, 0) is 25.0 Å². The maximum absolute atomic E-state index is 11.6. The monoisotopic (exact) mass is 262 g/mol. The molecule has 0 bridgehead atoms. The number of aromatic nitrogens is 1. The molecule has 0 aliphatic carbocycles. The van der Waals surface area contributed by atoms with Crippen molar-refractivity contribution in [3.63, 3.8) is 0 Å². The van der Waals surface area contributed by atoms with Crippen LogP contribution >= 0.6 is 0 Å². The number of carbonyl (C=O) groups is 1. The highest BCUT2D eigenvalue weighted by molar-refractivity contribution is 5.94. The van der Waals surface area contributed by atoms with E-state index in [1.807, 2.05) is 25.3 Å². The van der Waals surface area contributed by atoms with Gasteiger partial charge >= 0.3 is 0 Å². The van der Waals surface area contributed by atoms with Gasteiger partial charge in [-0.3, -0.25) is 9.78 Å². The van der Waals surface area contributed by atoms with Gasteiger partial charge in [0.05, 0.1) is 11.9 Å². The molecule has 0 aliphatic rings. The number of ketones is 1. The third-order valence-electron chi connectivity index (χ3n) is 3.73. The smallest absolute Gasteiger partial charge is 0.180 e. The van der Waals surface area contributed by atoms with Gasteiger partial charge in [-0.25, -0.2) is 0 Å². The van der Waals surface area contributed by atoms with E-state index < -0.39 is 0 Å². The van der Waals surface area contributed by atoms with E-state index in [2.05, 4.69) is 30.7 Å². The molecule has 1 heterocycles. The molecule has 1 rings (SSSR count). The van der Waals surface area contributed by atoms with E-state index in [1.54, 1.807) is 0 Å². The highest BCUT2D eigenvalue weighted by Gasteiger charge is 2.12. The van der Waals surface area contributed by atoms with Crippen molar-refractivity contribution < 1.29 is 4.79 Å². The Kier molecular flexibility index (Phi) is 6.54. The van der Waals surface area contributed by atoms with Crippen molar-refractivity contribution in [1.29, 1.82) is 0 Å². The largest absolute Gasteiger partial charge is 0.370 e. The second-order valence-electron chi connectivity index (χ2n) is 4.90. The molecule has 0 spiro atoms. The molecule has 0 amide bonds. The lowest BCUT2D eigenvalue weighted by atomic mass is 10.0. The molecular formula is C16H26N2O. The summed E-state index contributed by atoms with van der Waals surface area (Å²) in [6.45, 7) is 10.5. The Bertz CT molecular complexity index is 382. The van der Waals surface area contributed by atoms with Crippen LogP contribution in [0.5, 0.6) is 0 Å². The maximum Gasteiger partial charge on any atom is 0.180 e. The minimum Gasteiger partial charge on any atom is -0.370 e. The third-order valence-corrected chi connectivity index (χ3v) is 3.73. The van der Waals surface area contributed by atoms with E-state index in [0.717, 1.165) is 24.7 Å². The standard InChI is InChI=1S/C16H26N2O/c1-5-13(6-2)12-18(8-4)14-9-10-15(17-11-14)16(19)7-3/h9-11,13H,5-8,12H2,1-4H3. The first-order valence-electron chi connectivity index (χ1n) is 7.40. The van der Waals surface area contributed by atoms with Crippen LogP contribution in [0, 0.1) is 5.92 Å². The second kappa shape index (κ2) is 7.93. The van der Waals surface area contributed by atoms with Crippen molar-refractivity contribution in [3.05, 3.63) is 24.0 Å². The van der Waals surface area contributed by atoms with Crippen molar-refractivity contribution in [3.8, 4) is 0 Å². The zero-order valence-electron chi connectivity index (χ0n) is 12.6. The fraction of sp³-hybridized carbons (Fsp3) is 0.625. The summed E-state index contributed by atoms with van der Waals surface area (Å²) in [6.07, 6.45) is 4.74. The lowest BCUT2D eigenvalue weighted by Gasteiger charge is -2.27. The van der Waals surface area contributed by atoms with Crippen LogP contribution in [-0.4, -0.2) is 23.9 Å². The zero-order valence-corrected chi connectivity index (χ0v) is 12.6. The summed E-state index contributed by atoms with van der Waals surface area (Å²) < 4.78 is 0. The van der Waals surface area contributed by atoms with E-state index in [1.165, 1.54) is 12.8 Å². The fourth-order valence-corrected chi connectivity index (χ4v) is 2.19. The first-order chi connectivity index (χ1) is 9.15. The van der Waals surface area contributed by atoms with Crippen LogP contribution in [0.25, 0.3) is 0 Å². The quantitative estimate of drug-likeness (QED) is 0.665. The summed E-state index contributed by atoms with van der Waals surface area (Å²) in [5.74, 6) is 0.825. The highest BCUT2D eigenvalue weighted by Crippen LogP contribution is 2.18. The van der Waals surface area contributed by atoms with Gasteiger partial charge in [-0.1, -0.05) is 33.6 Å². The maximum atomic E-state index is 11.6. The van der Waals surface area contributed by atoms with Gasteiger partial charge in [0.2, 0.25) is 0 Å². The van der Waals surface area contributed by atoms with Crippen LogP contribution < -0.4 is 4.90 Å². The number of carbonyl (C=O) groups excluding carboxylic acids is 1. The molecule has 0 aromatic carbocycles. The number of hydrogen-bond acceptors (Lipinski definition) is 3. The van der Waals surface area contributed by atoms with Crippen molar-refractivity contribution in [2.45, 2.75) is 47.0 Å². The molecule has 3 nitrogen and oxygen atoms in total. The molecule has 0 saturated heterocycles. The third kappa shape index (κ3) is 4.34. The summed E-state index contributed by atoms with van der Waals surface area (Å²) in [6, 6.07) is 3.86. The lowest BCUT2D eigenvalue weighted by Crippen LogP contribution is -2.29. The van der Waals surface area contributed by atoms with E-state index in [4.69, 9.17) is 0 Å². The fourth-order valence-electron chi connectivity index (χ4n) is 2.19. The number of pyridine rings is 1. The summed E-state index contributed by atoms with van der Waals surface area (Å²) >= 11 is 0. The summed E-state index contributed by atoms with van der Waals surface area (Å²) in [5, 5.41) is 0. The molecule has 0 aliphatic heterocycles. The Labute approximate surface area is 117 Å². The van der Waals surface area contributed by atoms with Gasteiger partial charge in [0.1, 0.15) is 5.69 Å². The molecule has 0 radical (unpaired) electrons. The average molecular weight is 262 g/mol. The average Bonchev–Trinajstić information content (AvgIpc) is 2.48. The minimum absolute atomic E-state index is 0.106. The summed E-state index contributed by atoms with van der Waals surface area (Å²) in [5.41, 5.74) is 1.69. The molecule has 3 heteroatoms. The number of nitrogens with zero attached hydrogens (tertiary/aromatic N) is 2. The SMILES string of the molecule is CCC(=O)c1ccc(N(CC)CC(CC)CC)cn1. The predicted molar refractivity (Wildman–Crippen MR) is 80.8 cm³/mol. The van der Waals surface area contributed by atoms with Crippen molar-refractivity contribution in [1.82, 2.24) is 4.98 Å². The van der Waals surface area contributed by atoms with Crippen LogP contribution in [0.4, 0.5) is 5.69 Å². The van der Waals surface area contributed by atoms with Gasteiger partial charge in [-0.2, -0.15) is 0 Å². The van der Waals surface area contributed by atoms with Crippen molar-refractivity contribution in [2.24, 2.45) is 5.92 Å². The van der Waals surface area contributed by atoms with Crippen LogP contribution in [0.15, 0.2) is 18.3 Å². The van der Waals surface area contributed by atoms with E-state index in [-0.39, 0.29) is 5.78 Å². The van der Waals surface area contributed by atoms with E-state index in [9.17, 15) is 4.79 Å². The Morgan fingerprint density at radius 2 is 1.89 bits per heavy atom. The van der Waals surface area contributed by atoms with Crippen LogP contribution in [0.2, 0.25) is 0 Å². The summed E-state index contributed by atoms with van der Waals surface area (Å²) in [4.78, 5) is 18.2. The molecule has 1 aromatic heterocycles. The predicted octanol–water partition coefficient (Wildman–Crippen LogP) is 3.94. The summed E-state index contributed by atoms with van der Waals surface area (Å²) in [7, 11) is 0. The molecule has 0 fully saturated rings. The van der Waals surface area contributed by atoms with Crippen molar-refractivity contribution in [2.75, 3.05) is 18.0 Å². The topological polar surface area (TPSA) is 33.2 Å². The molecule has 1 aromatic rings. The lowest BCUT2D eigenvalue weighted by molar-refractivity contribution is 0.0983. The minimum atomic E-state index is 0.106. The van der Waals surface area contributed by atoms with Gasteiger partial charge in [0, 0.05) is 19.5 Å². The molecule has 0 atom stereocenters. The second-order valence-corrected chi connectivity index (χ2v) is 4.90. The molecule has 0 unspecified atom stereocenters. The number of hydrogen-bond donors (Lipinski definition) is 0. The van der Waals surface area contributed by atoms with E-state index >= 15 is 0 Å². The van der Waals surface area contributed by atoms with Crippen molar-refractivity contribution >= 4 is 11.5 Å². The zero-order chi connectivity index (χ0) is 14.3. The van der Waals surface area contributed by atoms with Crippen LogP contribution in [0.1, 0.15) is 57.4 Å². The van der Waals surface area contributed by atoms with Gasteiger partial charge in [0.15, 0.2) is 5.78 Å². The normalized spacial score (nSPS) is 10.8. The Balaban J connectivity index is 2.79. The van der Waals surface area contributed by atoms with Gasteiger partial charge in [0.25, 0.3) is 0 Å². The number of anilines is 1. The number of rotatable bonds is 8. The molecule has 106 valence electrons. The Hall–Kier alpha value is -1.38. The first kappa shape index (κ1) is 15.7. The molecular weight excluding hydrogens is 236 g/mol. The molecule has 0 saturated carbocycles. The van der Waals surface area contributed by atoms with Gasteiger partial charge < -0.3 is 4.90 Å². The molecule has 0 N–H and O–H groups in total. The van der Waals surface area contributed by atoms with Gasteiger partial charge in [-0.15, -0.1) is 0 Å². The highest BCUT2D eigenvalue weighted by atomic mass is 16.1. The Morgan fingerprint density at radius 1 is 1.21 bits per heavy atom. The Morgan fingerprint density at radius 3 is 2.32 bits per heavy atom. The first-order valence-corrected chi connectivity index (χ1v) is 7.40. The number of Topliss-reactive ketones (excluding diaryl/α,β-unsaturated/α-hetero) is 1. The van der Waals surface area contributed by atoms with Crippen LogP contribution in [0.3, 0.4) is 0 Å². The van der Waals surface area contributed by atoms with E-state index in [0.29, 0.717) is 12.1 Å². The molecule has 19 heavy (non-hydrogen) atoms. The van der Waals surface area contributed by atoms with Crippen LogP contribution in [-0.2, 0) is 0 Å².